The Hall–Kier alpha value is -0.870. The molecule has 0 fully saturated rings. The van der Waals surface area contributed by atoms with Crippen molar-refractivity contribution < 1.29 is 4.52 Å². The monoisotopic (exact) mass is 254 g/mol. The van der Waals surface area contributed by atoms with Crippen molar-refractivity contribution in [3.63, 3.8) is 0 Å². The fraction of sp³-hybridized carbons (Fsp3) is 0.300. The van der Waals surface area contributed by atoms with E-state index in [-0.39, 0.29) is 6.04 Å². The van der Waals surface area contributed by atoms with E-state index >= 15 is 0 Å². The Morgan fingerprint density at radius 2 is 2.36 bits per heavy atom. The molecule has 1 atom stereocenters. The molecule has 0 aliphatic carbocycles. The molecular weight excluding hydrogens is 244 g/mol. The van der Waals surface area contributed by atoms with Crippen molar-refractivity contribution in [3.05, 3.63) is 28.4 Å². The number of halogens is 1. The van der Waals surface area contributed by atoms with E-state index in [4.69, 9.17) is 10.3 Å². The molecular formula is C10H11BrN2O. The summed E-state index contributed by atoms with van der Waals surface area (Å²) in [5.74, 6) is 0.858. The van der Waals surface area contributed by atoms with Gasteiger partial charge in [0, 0.05) is 22.3 Å². The van der Waals surface area contributed by atoms with Gasteiger partial charge in [-0.1, -0.05) is 11.2 Å². The number of nitrogens with two attached hydrogens (primary N) is 1. The fourth-order valence-electron chi connectivity index (χ4n) is 1.42. The number of rotatable bonds is 2. The summed E-state index contributed by atoms with van der Waals surface area (Å²) in [6.45, 7) is 1.95. The predicted molar refractivity (Wildman–Crippen MR) is 59.1 cm³/mol. The van der Waals surface area contributed by atoms with Crippen LogP contribution in [-0.4, -0.2) is 11.2 Å². The molecule has 1 aromatic carbocycles. The lowest BCUT2D eigenvalue weighted by atomic mass is 10.1. The van der Waals surface area contributed by atoms with Crippen LogP contribution in [0.3, 0.4) is 0 Å². The zero-order valence-corrected chi connectivity index (χ0v) is 9.41. The first-order chi connectivity index (χ1) is 6.68. The molecule has 0 aliphatic heterocycles. The fourth-order valence-corrected chi connectivity index (χ4v) is 1.86. The van der Waals surface area contributed by atoms with E-state index in [0.29, 0.717) is 6.42 Å². The van der Waals surface area contributed by atoms with Gasteiger partial charge in [0.15, 0.2) is 0 Å². The molecule has 3 nitrogen and oxygen atoms in total. The maximum absolute atomic E-state index is 5.71. The van der Waals surface area contributed by atoms with Crippen LogP contribution in [0.25, 0.3) is 10.9 Å². The minimum atomic E-state index is 0.0881. The zero-order valence-electron chi connectivity index (χ0n) is 7.83. The second-order valence-electron chi connectivity index (χ2n) is 3.42. The van der Waals surface area contributed by atoms with Gasteiger partial charge >= 0.3 is 0 Å². The van der Waals surface area contributed by atoms with Gasteiger partial charge in [-0.2, -0.15) is 0 Å². The lowest BCUT2D eigenvalue weighted by molar-refractivity contribution is 0.384. The van der Waals surface area contributed by atoms with Crippen molar-refractivity contribution >= 4 is 26.8 Å². The second kappa shape index (κ2) is 3.71. The predicted octanol–water partition coefficient (Wildman–Crippen LogP) is 2.48. The average Bonchev–Trinajstić information content (AvgIpc) is 2.49. The van der Waals surface area contributed by atoms with Crippen LogP contribution >= 0.6 is 15.9 Å². The van der Waals surface area contributed by atoms with Gasteiger partial charge in [0.05, 0.1) is 0 Å². The van der Waals surface area contributed by atoms with Crippen molar-refractivity contribution in [2.24, 2.45) is 5.73 Å². The number of fused-ring (bicyclic) bond motifs is 1. The summed E-state index contributed by atoms with van der Waals surface area (Å²) in [5.41, 5.74) is 6.58. The molecule has 0 saturated heterocycles. The van der Waals surface area contributed by atoms with E-state index in [0.717, 1.165) is 21.1 Å². The summed E-state index contributed by atoms with van der Waals surface area (Å²) in [5, 5.41) is 5.03. The maximum Gasteiger partial charge on any atom is 0.146 e. The maximum atomic E-state index is 5.71. The summed E-state index contributed by atoms with van der Waals surface area (Å²) in [4.78, 5) is 0. The van der Waals surface area contributed by atoms with Crippen LogP contribution < -0.4 is 5.73 Å². The number of hydrogen-bond donors (Lipinski definition) is 1. The zero-order chi connectivity index (χ0) is 10.1. The highest BCUT2D eigenvalue weighted by Crippen LogP contribution is 2.25. The number of hydrogen-bond acceptors (Lipinski definition) is 3. The molecule has 1 heterocycles. The molecule has 0 bridgehead atoms. The molecule has 74 valence electrons. The second-order valence-corrected chi connectivity index (χ2v) is 4.28. The summed E-state index contributed by atoms with van der Waals surface area (Å²) in [6, 6.07) is 5.99. The average molecular weight is 255 g/mol. The molecule has 2 aromatic rings. The molecule has 0 aliphatic rings. The summed E-state index contributed by atoms with van der Waals surface area (Å²) >= 11 is 3.42. The molecule has 2 rings (SSSR count). The van der Waals surface area contributed by atoms with Gasteiger partial charge in [-0.15, -0.1) is 0 Å². The molecule has 1 unspecified atom stereocenters. The van der Waals surface area contributed by atoms with E-state index < -0.39 is 0 Å². The Bertz CT molecular complexity index is 450. The van der Waals surface area contributed by atoms with Gasteiger partial charge < -0.3 is 10.3 Å². The van der Waals surface area contributed by atoms with Gasteiger partial charge in [0.2, 0.25) is 0 Å². The highest BCUT2D eigenvalue weighted by Gasteiger charge is 2.11. The summed E-state index contributed by atoms with van der Waals surface area (Å²) in [6.07, 6.45) is 0.715. The molecule has 0 saturated carbocycles. The van der Waals surface area contributed by atoms with Crippen molar-refractivity contribution in [1.29, 1.82) is 0 Å². The first-order valence-corrected chi connectivity index (χ1v) is 5.26. The van der Waals surface area contributed by atoms with Crippen LogP contribution in [0, 0.1) is 0 Å². The Labute approximate surface area is 90.4 Å². The molecule has 2 N–H and O–H groups in total. The normalized spacial score (nSPS) is 13.4. The molecule has 0 spiro atoms. The quantitative estimate of drug-likeness (QED) is 0.896. The van der Waals surface area contributed by atoms with Crippen LogP contribution in [-0.2, 0) is 6.42 Å². The van der Waals surface area contributed by atoms with Crippen LogP contribution in [0.2, 0.25) is 0 Å². The Morgan fingerprint density at radius 1 is 1.57 bits per heavy atom. The van der Waals surface area contributed by atoms with Crippen LogP contribution in [0.5, 0.6) is 0 Å². The van der Waals surface area contributed by atoms with Crippen molar-refractivity contribution in [2.45, 2.75) is 19.4 Å². The van der Waals surface area contributed by atoms with Crippen LogP contribution in [0.4, 0.5) is 0 Å². The first-order valence-electron chi connectivity index (χ1n) is 4.47. The lowest BCUT2D eigenvalue weighted by Gasteiger charge is -1.99. The largest absolute Gasteiger partial charge is 0.360 e. The number of benzene rings is 1. The van der Waals surface area contributed by atoms with Crippen molar-refractivity contribution in [2.75, 3.05) is 0 Å². The van der Waals surface area contributed by atoms with Gasteiger partial charge in [0.1, 0.15) is 11.3 Å². The molecule has 0 radical (unpaired) electrons. The van der Waals surface area contributed by atoms with Gasteiger partial charge in [-0.25, -0.2) is 0 Å². The number of nitrogens with zero attached hydrogens (tertiary/aromatic N) is 1. The first kappa shape index (κ1) is 9.68. The third kappa shape index (κ3) is 1.67. The smallest absolute Gasteiger partial charge is 0.146 e. The van der Waals surface area contributed by atoms with Crippen molar-refractivity contribution in [1.82, 2.24) is 5.16 Å². The van der Waals surface area contributed by atoms with E-state index in [1.54, 1.807) is 0 Å². The van der Waals surface area contributed by atoms with E-state index in [2.05, 4.69) is 21.1 Å². The third-order valence-electron chi connectivity index (χ3n) is 2.04. The summed E-state index contributed by atoms with van der Waals surface area (Å²) in [7, 11) is 0. The van der Waals surface area contributed by atoms with Crippen molar-refractivity contribution in [3.8, 4) is 0 Å². The molecule has 1 aromatic heterocycles. The SMILES string of the molecule is CC(N)Cc1onc2c(Br)cccc12. The molecule has 4 heteroatoms. The highest BCUT2D eigenvalue weighted by atomic mass is 79.9. The van der Waals surface area contributed by atoms with E-state index in [1.807, 2.05) is 25.1 Å². The van der Waals surface area contributed by atoms with Gasteiger partial charge in [-0.05, 0) is 35.0 Å². The number of aromatic nitrogens is 1. The third-order valence-corrected chi connectivity index (χ3v) is 2.68. The molecule has 14 heavy (non-hydrogen) atoms. The standard InChI is InChI=1S/C10H11BrN2O/c1-6(12)5-9-7-3-2-4-8(11)10(7)13-14-9/h2-4,6H,5,12H2,1H3. The minimum absolute atomic E-state index is 0.0881. The Balaban J connectivity index is 2.52. The van der Waals surface area contributed by atoms with Crippen LogP contribution in [0.1, 0.15) is 12.7 Å². The Morgan fingerprint density at radius 3 is 3.07 bits per heavy atom. The Kier molecular flexibility index (Phi) is 2.56. The lowest BCUT2D eigenvalue weighted by Crippen LogP contribution is -2.17. The molecule has 0 amide bonds. The summed E-state index contributed by atoms with van der Waals surface area (Å²) < 4.78 is 6.20. The van der Waals surface area contributed by atoms with E-state index in [9.17, 15) is 0 Å². The van der Waals surface area contributed by atoms with Gasteiger partial charge in [0.25, 0.3) is 0 Å². The minimum Gasteiger partial charge on any atom is -0.360 e. The van der Waals surface area contributed by atoms with Gasteiger partial charge in [-0.3, -0.25) is 0 Å². The topological polar surface area (TPSA) is 52.0 Å². The van der Waals surface area contributed by atoms with E-state index in [1.165, 1.54) is 0 Å². The van der Waals surface area contributed by atoms with Crippen LogP contribution in [0.15, 0.2) is 27.2 Å². The highest BCUT2D eigenvalue weighted by molar-refractivity contribution is 9.10.